The zero-order valence-corrected chi connectivity index (χ0v) is 13.6. The second-order valence-electron chi connectivity index (χ2n) is 3.98. The van der Waals surface area contributed by atoms with Crippen LogP contribution in [-0.4, -0.2) is 24.5 Å². The van der Waals surface area contributed by atoms with Gasteiger partial charge < -0.3 is 5.11 Å². The van der Waals surface area contributed by atoms with Crippen molar-refractivity contribution in [3.05, 3.63) is 39.2 Å². The lowest BCUT2D eigenvalue weighted by Gasteiger charge is -2.10. The summed E-state index contributed by atoms with van der Waals surface area (Å²) in [6, 6.07) is 2.43. The van der Waals surface area contributed by atoms with Gasteiger partial charge in [0.15, 0.2) is 9.90 Å². The second kappa shape index (κ2) is 5.70. The first-order valence-corrected chi connectivity index (χ1v) is 8.53. The average molecular weight is 395 g/mol. The molecule has 2 N–H and O–H groups in total. The number of carboxylic acid groups (broad SMARTS) is 1. The molecule has 1 heterocycles. The number of benzene rings is 1. The standard InChI is InChI=1S/C11H8BrFN2O4S2/c1-5-2-7(13)6(12)3-8(5)15-21(18,19)11-9(10(16)17)14-4-20-11/h2-4,15H,1H3,(H,16,17). The van der Waals surface area contributed by atoms with E-state index in [1.807, 2.05) is 0 Å². The number of rotatable bonds is 4. The van der Waals surface area contributed by atoms with E-state index >= 15 is 0 Å². The Balaban J connectivity index is 2.45. The number of sulfonamides is 1. The summed E-state index contributed by atoms with van der Waals surface area (Å²) in [4.78, 5) is 14.5. The first kappa shape index (κ1) is 15.9. The number of aromatic nitrogens is 1. The van der Waals surface area contributed by atoms with Gasteiger partial charge in [0.1, 0.15) is 5.82 Å². The molecular weight excluding hydrogens is 387 g/mol. The summed E-state index contributed by atoms with van der Waals surface area (Å²) in [5, 5.41) is 8.91. The van der Waals surface area contributed by atoms with Gasteiger partial charge in [-0.15, -0.1) is 11.3 Å². The van der Waals surface area contributed by atoms with E-state index in [0.29, 0.717) is 16.9 Å². The summed E-state index contributed by atoms with van der Waals surface area (Å²) in [5.41, 5.74) is 1.09. The Bertz CT molecular complexity index is 820. The van der Waals surface area contributed by atoms with Gasteiger partial charge in [-0.05, 0) is 40.5 Å². The molecule has 1 aromatic carbocycles. The molecule has 0 bridgehead atoms. The molecule has 112 valence electrons. The van der Waals surface area contributed by atoms with E-state index in [9.17, 15) is 17.6 Å². The average Bonchev–Trinajstić information content (AvgIpc) is 2.85. The van der Waals surface area contributed by atoms with Crippen LogP contribution in [0.2, 0.25) is 0 Å². The number of halogens is 2. The third-order valence-corrected chi connectivity index (χ3v) is 5.84. The number of carboxylic acids is 1. The highest BCUT2D eigenvalue weighted by Gasteiger charge is 2.26. The highest BCUT2D eigenvalue weighted by Crippen LogP contribution is 2.28. The van der Waals surface area contributed by atoms with Crippen molar-refractivity contribution in [3.8, 4) is 0 Å². The topological polar surface area (TPSA) is 96.4 Å². The van der Waals surface area contributed by atoms with E-state index in [1.54, 1.807) is 0 Å². The van der Waals surface area contributed by atoms with Crippen molar-refractivity contribution in [2.24, 2.45) is 0 Å². The molecule has 0 saturated carbocycles. The Morgan fingerprint density at radius 3 is 2.76 bits per heavy atom. The van der Waals surface area contributed by atoms with Crippen LogP contribution in [0.3, 0.4) is 0 Å². The first-order valence-electron chi connectivity index (χ1n) is 5.37. The minimum absolute atomic E-state index is 0.0913. The molecule has 0 amide bonds. The third kappa shape index (κ3) is 3.22. The maximum atomic E-state index is 13.3. The quantitative estimate of drug-likeness (QED) is 0.830. The van der Waals surface area contributed by atoms with E-state index in [0.717, 1.165) is 11.6 Å². The molecule has 0 spiro atoms. The third-order valence-electron chi connectivity index (χ3n) is 2.49. The van der Waals surface area contributed by atoms with Crippen LogP contribution in [0, 0.1) is 12.7 Å². The Hall–Kier alpha value is -1.52. The summed E-state index contributed by atoms with van der Waals surface area (Å²) in [7, 11) is -4.12. The van der Waals surface area contributed by atoms with Crippen molar-refractivity contribution >= 4 is 48.9 Å². The van der Waals surface area contributed by atoms with Crippen LogP contribution in [-0.2, 0) is 10.0 Å². The molecule has 0 aliphatic heterocycles. The van der Waals surface area contributed by atoms with Crippen molar-refractivity contribution in [2.75, 3.05) is 4.72 Å². The number of aryl methyl sites for hydroxylation is 1. The second-order valence-corrected chi connectivity index (χ2v) is 7.57. The van der Waals surface area contributed by atoms with E-state index in [1.165, 1.54) is 13.0 Å². The van der Waals surface area contributed by atoms with Gasteiger partial charge in [-0.25, -0.2) is 22.6 Å². The maximum Gasteiger partial charge on any atom is 0.356 e. The summed E-state index contributed by atoms with van der Waals surface area (Å²) in [6.45, 7) is 1.53. The fourth-order valence-electron chi connectivity index (χ4n) is 1.52. The molecule has 0 radical (unpaired) electrons. The molecule has 10 heteroatoms. The highest BCUT2D eigenvalue weighted by molar-refractivity contribution is 9.10. The van der Waals surface area contributed by atoms with Gasteiger partial charge in [0, 0.05) is 0 Å². The van der Waals surface area contributed by atoms with Gasteiger partial charge in [-0.2, -0.15) is 0 Å². The van der Waals surface area contributed by atoms with Gasteiger partial charge >= 0.3 is 5.97 Å². The van der Waals surface area contributed by atoms with Crippen molar-refractivity contribution in [3.63, 3.8) is 0 Å². The summed E-state index contributed by atoms with van der Waals surface area (Å²) >= 11 is 3.65. The first-order chi connectivity index (χ1) is 9.72. The normalized spacial score (nSPS) is 11.4. The van der Waals surface area contributed by atoms with E-state index in [-0.39, 0.29) is 10.2 Å². The zero-order chi connectivity index (χ0) is 15.8. The van der Waals surface area contributed by atoms with Gasteiger partial charge in [-0.3, -0.25) is 4.72 Å². The SMILES string of the molecule is Cc1cc(F)c(Br)cc1NS(=O)(=O)c1scnc1C(=O)O. The van der Waals surface area contributed by atoms with Gasteiger partial charge in [-0.1, -0.05) is 0 Å². The molecule has 6 nitrogen and oxygen atoms in total. The van der Waals surface area contributed by atoms with Crippen molar-refractivity contribution in [1.29, 1.82) is 0 Å². The van der Waals surface area contributed by atoms with Crippen LogP contribution in [0.4, 0.5) is 10.1 Å². The molecule has 2 aromatic rings. The van der Waals surface area contributed by atoms with E-state index in [4.69, 9.17) is 5.11 Å². The van der Waals surface area contributed by atoms with Crippen molar-refractivity contribution < 1.29 is 22.7 Å². The molecule has 1 aromatic heterocycles. The molecule has 0 aliphatic rings. The molecule has 0 unspecified atom stereocenters. The number of hydrogen-bond acceptors (Lipinski definition) is 5. The summed E-state index contributed by atoms with van der Waals surface area (Å²) < 4.78 is 39.7. The lowest BCUT2D eigenvalue weighted by molar-refractivity contribution is 0.0687. The van der Waals surface area contributed by atoms with Crippen LogP contribution >= 0.6 is 27.3 Å². The number of thiazole rings is 1. The van der Waals surface area contributed by atoms with Crippen LogP contribution in [0.25, 0.3) is 0 Å². The Labute approximate surface area is 131 Å². The lowest BCUT2D eigenvalue weighted by Crippen LogP contribution is -2.16. The van der Waals surface area contributed by atoms with Crippen molar-refractivity contribution in [1.82, 2.24) is 4.98 Å². The fraction of sp³-hybridized carbons (Fsp3) is 0.0909. The number of nitrogens with zero attached hydrogens (tertiary/aromatic N) is 1. The number of aromatic carboxylic acids is 1. The van der Waals surface area contributed by atoms with E-state index < -0.39 is 31.7 Å². The van der Waals surface area contributed by atoms with Gasteiger partial charge in [0.2, 0.25) is 0 Å². The van der Waals surface area contributed by atoms with Crippen LogP contribution in [0.1, 0.15) is 16.1 Å². The Kier molecular flexibility index (Phi) is 4.30. The lowest BCUT2D eigenvalue weighted by atomic mass is 10.2. The maximum absolute atomic E-state index is 13.3. The van der Waals surface area contributed by atoms with Crippen LogP contribution in [0.15, 0.2) is 26.3 Å². The van der Waals surface area contributed by atoms with Crippen LogP contribution in [0.5, 0.6) is 0 Å². The Morgan fingerprint density at radius 1 is 1.48 bits per heavy atom. The van der Waals surface area contributed by atoms with E-state index in [2.05, 4.69) is 25.6 Å². The van der Waals surface area contributed by atoms with Gasteiger partial charge in [0.05, 0.1) is 15.7 Å². The molecule has 2 rings (SSSR count). The Morgan fingerprint density at radius 2 is 2.14 bits per heavy atom. The minimum atomic E-state index is -4.12. The molecule has 0 fully saturated rings. The zero-order valence-electron chi connectivity index (χ0n) is 10.4. The highest BCUT2D eigenvalue weighted by atomic mass is 79.9. The summed E-state index contributed by atoms with van der Waals surface area (Å²) in [6.07, 6.45) is 0. The minimum Gasteiger partial charge on any atom is -0.476 e. The molecule has 0 atom stereocenters. The smallest absolute Gasteiger partial charge is 0.356 e. The van der Waals surface area contributed by atoms with Gasteiger partial charge in [0.25, 0.3) is 10.0 Å². The number of carbonyl (C=O) groups is 1. The monoisotopic (exact) mass is 394 g/mol. The predicted molar refractivity (Wildman–Crippen MR) is 78.7 cm³/mol. The molecule has 0 saturated heterocycles. The molecule has 0 aliphatic carbocycles. The fourth-order valence-corrected chi connectivity index (χ4v) is 4.12. The number of anilines is 1. The largest absolute Gasteiger partial charge is 0.476 e. The van der Waals surface area contributed by atoms with Crippen molar-refractivity contribution in [2.45, 2.75) is 11.1 Å². The van der Waals surface area contributed by atoms with Crippen LogP contribution < -0.4 is 4.72 Å². The molecule has 21 heavy (non-hydrogen) atoms. The number of nitrogens with one attached hydrogen (secondary N) is 1. The number of hydrogen-bond donors (Lipinski definition) is 2. The molecular formula is C11H8BrFN2O4S2. The summed E-state index contributed by atoms with van der Waals surface area (Å²) in [5.74, 6) is -1.96. The predicted octanol–water partition coefficient (Wildman–Crippen LogP) is 2.85.